The van der Waals surface area contributed by atoms with Crippen molar-refractivity contribution in [2.75, 3.05) is 6.54 Å². The Balaban J connectivity index is 2.15. The van der Waals surface area contributed by atoms with E-state index in [0.29, 0.717) is 19.0 Å². The van der Waals surface area contributed by atoms with Crippen molar-refractivity contribution in [1.29, 1.82) is 0 Å². The van der Waals surface area contributed by atoms with E-state index in [1.165, 1.54) is 0 Å². The summed E-state index contributed by atoms with van der Waals surface area (Å²) in [5.41, 5.74) is 6.51. The highest BCUT2D eigenvalue weighted by molar-refractivity contribution is 6.31. The molecule has 1 amide bonds. The molecule has 0 aromatic heterocycles. The van der Waals surface area contributed by atoms with Gasteiger partial charge in [0.1, 0.15) is 0 Å². The second-order valence-corrected chi connectivity index (χ2v) is 5.53. The average molecular weight is 281 g/mol. The van der Waals surface area contributed by atoms with Gasteiger partial charge in [-0.3, -0.25) is 4.79 Å². The molecule has 1 aliphatic rings. The number of nitrogens with zero attached hydrogens (tertiary/aromatic N) is 1. The molecule has 1 atom stereocenters. The number of carbonyl (C=O) groups is 1. The van der Waals surface area contributed by atoms with Crippen LogP contribution in [0.15, 0.2) is 24.3 Å². The van der Waals surface area contributed by atoms with Crippen molar-refractivity contribution in [3.8, 4) is 0 Å². The van der Waals surface area contributed by atoms with Gasteiger partial charge in [-0.25, -0.2) is 0 Å². The molecule has 1 saturated carbocycles. The van der Waals surface area contributed by atoms with E-state index in [1.807, 2.05) is 29.2 Å². The van der Waals surface area contributed by atoms with Crippen molar-refractivity contribution in [2.45, 2.75) is 44.7 Å². The van der Waals surface area contributed by atoms with Crippen LogP contribution in [-0.2, 0) is 4.79 Å². The summed E-state index contributed by atoms with van der Waals surface area (Å²) in [6.45, 7) is 2.62. The summed E-state index contributed by atoms with van der Waals surface area (Å²) < 4.78 is 0. The van der Waals surface area contributed by atoms with Crippen LogP contribution in [0, 0.1) is 0 Å². The number of hydrogen-bond donors (Lipinski definition) is 1. The van der Waals surface area contributed by atoms with Crippen LogP contribution in [0.1, 0.15) is 44.2 Å². The maximum atomic E-state index is 12.3. The van der Waals surface area contributed by atoms with Crippen molar-refractivity contribution < 1.29 is 4.79 Å². The van der Waals surface area contributed by atoms with Gasteiger partial charge in [0, 0.05) is 17.5 Å². The summed E-state index contributed by atoms with van der Waals surface area (Å²) in [6.07, 6.45) is 3.48. The van der Waals surface area contributed by atoms with Crippen LogP contribution in [-0.4, -0.2) is 23.4 Å². The molecule has 0 spiro atoms. The third kappa shape index (κ3) is 3.48. The van der Waals surface area contributed by atoms with E-state index in [-0.39, 0.29) is 11.9 Å². The van der Waals surface area contributed by atoms with E-state index in [0.717, 1.165) is 29.8 Å². The summed E-state index contributed by atoms with van der Waals surface area (Å²) in [6, 6.07) is 8.17. The standard InChI is InChI=1S/C15H21ClN2O/c1-11(13-5-2-3-6-14(13)16)18(12-8-9-12)15(19)7-4-10-17/h2-3,5-6,11-12H,4,7-10,17H2,1H3/t11-/m0/s1. The van der Waals surface area contributed by atoms with E-state index in [1.54, 1.807) is 0 Å². The van der Waals surface area contributed by atoms with Gasteiger partial charge in [0.2, 0.25) is 5.91 Å². The maximum absolute atomic E-state index is 12.3. The zero-order valence-corrected chi connectivity index (χ0v) is 12.1. The van der Waals surface area contributed by atoms with Gasteiger partial charge in [-0.1, -0.05) is 29.8 Å². The lowest BCUT2D eigenvalue weighted by Crippen LogP contribution is -2.35. The van der Waals surface area contributed by atoms with Gasteiger partial charge >= 0.3 is 0 Å². The SMILES string of the molecule is C[C@@H](c1ccccc1Cl)N(C(=O)CCCN)C1CC1. The number of amides is 1. The molecule has 0 heterocycles. The van der Waals surface area contributed by atoms with Gasteiger partial charge in [-0.15, -0.1) is 0 Å². The van der Waals surface area contributed by atoms with Gasteiger partial charge in [-0.05, 0) is 44.4 Å². The Morgan fingerprint density at radius 2 is 2.16 bits per heavy atom. The molecule has 19 heavy (non-hydrogen) atoms. The second-order valence-electron chi connectivity index (χ2n) is 5.12. The molecule has 2 N–H and O–H groups in total. The van der Waals surface area contributed by atoms with Crippen LogP contribution in [0.3, 0.4) is 0 Å². The van der Waals surface area contributed by atoms with Crippen LogP contribution in [0.4, 0.5) is 0 Å². The summed E-state index contributed by atoms with van der Waals surface area (Å²) >= 11 is 6.24. The maximum Gasteiger partial charge on any atom is 0.223 e. The predicted molar refractivity (Wildman–Crippen MR) is 78.0 cm³/mol. The molecule has 1 fully saturated rings. The van der Waals surface area contributed by atoms with Crippen molar-refractivity contribution in [3.63, 3.8) is 0 Å². The van der Waals surface area contributed by atoms with E-state index in [9.17, 15) is 4.79 Å². The van der Waals surface area contributed by atoms with Crippen molar-refractivity contribution in [3.05, 3.63) is 34.9 Å². The number of hydrogen-bond acceptors (Lipinski definition) is 2. The van der Waals surface area contributed by atoms with Crippen LogP contribution in [0.2, 0.25) is 5.02 Å². The second kappa shape index (κ2) is 6.40. The molecule has 0 bridgehead atoms. The minimum Gasteiger partial charge on any atom is -0.333 e. The number of benzene rings is 1. The van der Waals surface area contributed by atoms with Crippen molar-refractivity contribution >= 4 is 17.5 Å². The first-order valence-corrected chi connectivity index (χ1v) is 7.28. The molecule has 1 aromatic carbocycles. The number of halogens is 1. The zero-order chi connectivity index (χ0) is 13.8. The Bertz CT molecular complexity index is 446. The van der Waals surface area contributed by atoms with Crippen molar-refractivity contribution in [1.82, 2.24) is 4.90 Å². The Hall–Kier alpha value is -1.06. The minimum atomic E-state index is 0.0338. The fraction of sp³-hybridized carbons (Fsp3) is 0.533. The highest BCUT2D eigenvalue weighted by Crippen LogP contribution is 2.36. The molecule has 4 heteroatoms. The van der Waals surface area contributed by atoms with E-state index < -0.39 is 0 Å². The molecule has 104 valence electrons. The van der Waals surface area contributed by atoms with E-state index >= 15 is 0 Å². The summed E-state index contributed by atoms with van der Waals surface area (Å²) in [5.74, 6) is 0.195. The summed E-state index contributed by atoms with van der Waals surface area (Å²) in [7, 11) is 0. The van der Waals surface area contributed by atoms with E-state index in [4.69, 9.17) is 17.3 Å². The smallest absolute Gasteiger partial charge is 0.223 e. The van der Waals surface area contributed by atoms with Crippen LogP contribution in [0.25, 0.3) is 0 Å². The normalized spacial score (nSPS) is 16.2. The van der Waals surface area contributed by atoms with Crippen LogP contribution in [0.5, 0.6) is 0 Å². The quantitative estimate of drug-likeness (QED) is 0.870. The molecule has 1 aromatic rings. The summed E-state index contributed by atoms with van der Waals surface area (Å²) in [4.78, 5) is 14.3. The highest BCUT2D eigenvalue weighted by atomic mass is 35.5. The predicted octanol–water partition coefficient (Wildman–Crippen LogP) is 3.13. The average Bonchev–Trinajstić information content (AvgIpc) is 3.21. The highest BCUT2D eigenvalue weighted by Gasteiger charge is 2.36. The molecule has 0 saturated heterocycles. The van der Waals surface area contributed by atoms with Gasteiger partial charge in [0.05, 0.1) is 6.04 Å². The number of carbonyl (C=O) groups excluding carboxylic acids is 1. The minimum absolute atomic E-state index is 0.0338. The van der Waals surface area contributed by atoms with Gasteiger partial charge in [-0.2, -0.15) is 0 Å². The summed E-state index contributed by atoms with van der Waals surface area (Å²) in [5, 5.41) is 0.729. The lowest BCUT2D eigenvalue weighted by Gasteiger charge is -2.30. The third-order valence-corrected chi connectivity index (χ3v) is 3.94. The molecule has 0 radical (unpaired) electrons. The number of rotatable bonds is 6. The van der Waals surface area contributed by atoms with Crippen LogP contribution < -0.4 is 5.73 Å². The zero-order valence-electron chi connectivity index (χ0n) is 11.3. The van der Waals surface area contributed by atoms with Crippen LogP contribution >= 0.6 is 11.6 Å². The Kier molecular flexibility index (Phi) is 4.83. The van der Waals surface area contributed by atoms with Crippen molar-refractivity contribution in [2.24, 2.45) is 5.73 Å². The first-order chi connectivity index (χ1) is 9.15. The van der Waals surface area contributed by atoms with Gasteiger partial charge in [0.25, 0.3) is 0 Å². The lowest BCUT2D eigenvalue weighted by molar-refractivity contribution is -0.134. The Morgan fingerprint density at radius 3 is 2.74 bits per heavy atom. The largest absolute Gasteiger partial charge is 0.333 e. The first-order valence-electron chi connectivity index (χ1n) is 6.90. The third-order valence-electron chi connectivity index (χ3n) is 3.60. The molecule has 1 aliphatic carbocycles. The fourth-order valence-corrected chi connectivity index (χ4v) is 2.73. The fourth-order valence-electron chi connectivity index (χ4n) is 2.43. The molecule has 0 aliphatic heterocycles. The van der Waals surface area contributed by atoms with Gasteiger partial charge < -0.3 is 10.6 Å². The monoisotopic (exact) mass is 280 g/mol. The number of nitrogens with two attached hydrogens (primary N) is 1. The molecular formula is C15H21ClN2O. The molecular weight excluding hydrogens is 260 g/mol. The molecule has 2 rings (SSSR count). The molecule has 3 nitrogen and oxygen atoms in total. The Labute approximate surface area is 119 Å². The Morgan fingerprint density at radius 1 is 1.47 bits per heavy atom. The molecule has 0 unspecified atom stereocenters. The first kappa shape index (κ1) is 14.4. The van der Waals surface area contributed by atoms with E-state index in [2.05, 4.69) is 6.92 Å². The topological polar surface area (TPSA) is 46.3 Å². The lowest BCUT2D eigenvalue weighted by atomic mass is 10.1. The van der Waals surface area contributed by atoms with Gasteiger partial charge in [0.15, 0.2) is 0 Å².